The number of ether oxygens (including phenoxy) is 1. The van der Waals surface area contributed by atoms with Crippen LogP contribution in [0.1, 0.15) is 12.0 Å². The molecule has 0 amide bonds. The first-order valence-electron chi connectivity index (χ1n) is 5.87. The molecule has 19 heavy (non-hydrogen) atoms. The highest BCUT2D eigenvalue weighted by atomic mass is 32.2. The minimum atomic E-state index is -3.71. The summed E-state index contributed by atoms with van der Waals surface area (Å²) in [5.41, 5.74) is 6.18. The average molecular weight is 290 g/mol. The molecular formula is C12H19FN2O3S. The van der Waals surface area contributed by atoms with Crippen LogP contribution in [0.4, 0.5) is 4.39 Å². The summed E-state index contributed by atoms with van der Waals surface area (Å²) in [4.78, 5) is -0.0483. The number of rotatable bonds is 7. The van der Waals surface area contributed by atoms with E-state index in [1.165, 1.54) is 19.2 Å². The molecule has 1 unspecified atom stereocenters. The maximum atomic E-state index is 13.1. The Morgan fingerprint density at radius 2 is 2.16 bits per heavy atom. The Morgan fingerprint density at radius 1 is 1.47 bits per heavy atom. The molecule has 0 aliphatic heterocycles. The van der Waals surface area contributed by atoms with E-state index in [-0.39, 0.29) is 17.5 Å². The van der Waals surface area contributed by atoms with Crippen molar-refractivity contribution in [1.29, 1.82) is 0 Å². The lowest BCUT2D eigenvalue weighted by Crippen LogP contribution is -2.33. The Bertz CT molecular complexity index is 520. The molecule has 1 aromatic carbocycles. The number of nitrogens with two attached hydrogens (primary N) is 1. The van der Waals surface area contributed by atoms with Gasteiger partial charge in [-0.1, -0.05) is 6.07 Å². The first-order chi connectivity index (χ1) is 8.86. The van der Waals surface area contributed by atoms with Crippen LogP contribution >= 0.6 is 0 Å². The van der Waals surface area contributed by atoms with Crippen molar-refractivity contribution >= 4 is 10.0 Å². The molecule has 0 spiro atoms. The first kappa shape index (κ1) is 16.0. The van der Waals surface area contributed by atoms with Gasteiger partial charge in [0.25, 0.3) is 0 Å². The standard InChI is InChI=1S/C12H19FN2O3S/c1-9-3-4-10(13)7-12(9)19(16,17)15-6-5-11(14)8-18-2/h3-4,7,11,15H,5-6,8,14H2,1-2H3. The van der Waals surface area contributed by atoms with Gasteiger partial charge in [0.15, 0.2) is 0 Å². The second-order valence-electron chi connectivity index (χ2n) is 4.31. The van der Waals surface area contributed by atoms with Crippen LogP contribution in [0.2, 0.25) is 0 Å². The van der Waals surface area contributed by atoms with Crippen molar-refractivity contribution in [2.75, 3.05) is 20.3 Å². The van der Waals surface area contributed by atoms with Gasteiger partial charge >= 0.3 is 0 Å². The molecule has 0 fully saturated rings. The highest BCUT2D eigenvalue weighted by Gasteiger charge is 2.17. The van der Waals surface area contributed by atoms with Gasteiger partial charge in [-0.25, -0.2) is 17.5 Å². The first-order valence-corrected chi connectivity index (χ1v) is 7.35. The van der Waals surface area contributed by atoms with Crippen LogP contribution in [0.15, 0.2) is 23.1 Å². The zero-order valence-corrected chi connectivity index (χ0v) is 11.8. The van der Waals surface area contributed by atoms with Crippen molar-refractivity contribution in [3.8, 4) is 0 Å². The van der Waals surface area contributed by atoms with Gasteiger partial charge in [-0.05, 0) is 31.0 Å². The Morgan fingerprint density at radius 3 is 2.79 bits per heavy atom. The normalized spacial score (nSPS) is 13.5. The number of aryl methyl sites for hydroxylation is 1. The lowest BCUT2D eigenvalue weighted by molar-refractivity contribution is 0.177. The molecule has 0 aromatic heterocycles. The molecule has 0 aliphatic carbocycles. The summed E-state index contributed by atoms with van der Waals surface area (Å²) in [5.74, 6) is -0.581. The van der Waals surface area contributed by atoms with E-state index in [0.717, 1.165) is 6.07 Å². The molecule has 0 saturated carbocycles. The second-order valence-corrected chi connectivity index (χ2v) is 6.05. The Hall–Kier alpha value is -1.02. The number of benzene rings is 1. The van der Waals surface area contributed by atoms with Gasteiger partial charge in [0.1, 0.15) is 5.82 Å². The van der Waals surface area contributed by atoms with Crippen molar-refractivity contribution in [1.82, 2.24) is 4.72 Å². The third-order valence-corrected chi connectivity index (χ3v) is 4.23. The minimum Gasteiger partial charge on any atom is -0.383 e. The summed E-state index contributed by atoms with van der Waals surface area (Å²) in [6, 6.07) is 3.43. The lowest BCUT2D eigenvalue weighted by Gasteiger charge is -2.12. The SMILES string of the molecule is COCC(N)CCNS(=O)(=O)c1cc(F)ccc1C. The van der Waals surface area contributed by atoms with Gasteiger partial charge in [0, 0.05) is 19.7 Å². The maximum Gasteiger partial charge on any atom is 0.240 e. The quantitative estimate of drug-likeness (QED) is 0.777. The van der Waals surface area contributed by atoms with Crippen molar-refractivity contribution in [2.24, 2.45) is 5.73 Å². The van der Waals surface area contributed by atoms with Gasteiger partial charge in [-0.2, -0.15) is 0 Å². The zero-order chi connectivity index (χ0) is 14.5. The number of methoxy groups -OCH3 is 1. The summed E-state index contributed by atoms with van der Waals surface area (Å²) in [6.07, 6.45) is 0.446. The molecule has 7 heteroatoms. The van der Waals surface area contributed by atoms with Crippen LogP contribution in [0.5, 0.6) is 0 Å². The van der Waals surface area contributed by atoms with Crippen LogP contribution in [-0.2, 0) is 14.8 Å². The van der Waals surface area contributed by atoms with Gasteiger partial charge in [-0.15, -0.1) is 0 Å². The number of hydrogen-bond acceptors (Lipinski definition) is 4. The van der Waals surface area contributed by atoms with Gasteiger partial charge in [0.2, 0.25) is 10.0 Å². The van der Waals surface area contributed by atoms with Crippen LogP contribution in [0.25, 0.3) is 0 Å². The highest BCUT2D eigenvalue weighted by Crippen LogP contribution is 2.16. The molecule has 0 radical (unpaired) electrons. The van der Waals surface area contributed by atoms with Gasteiger partial charge < -0.3 is 10.5 Å². The van der Waals surface area contributed by atoms with Crippen molar-refractivity contribution in [2.45, 2.75) is 24.3 Å². The largest absolute Gasteiger partial charge is 0.383 e. The van der Waals surface area contributed by atoms with E-state index in [1.54, 1.807) is 6.92 Å². The van der Waals surface area contributed by atoms with E-state index >= 15 is 0 Å². The number of halogens is 1. The lowest BCUT2D eigenvalue weighted by atomic mass is 10.2. The van der Waals surface area contributed by atoms with E-state index in [2.05, 4.69) is 4.72 Å². The topological polar surface area (TPSA) is 81.4 Å². The Kier molecular flexibility index (Phi) is 5.86. The fourth-order valence-electron chi connectivity index (χ4n) is 1.62. The van der Waals surface area contributed by atoms with Crippen molar-refractivity contribution in [3.63, 3.8) is 0 Å². The third kappa shape index (κ3) is 4.87. The summed E-state index contributed by atoms with van der Waals surface area (Å²) >= 11 is 0. The molecule has 5 nitrogen and oxygen atoms in total. The monoisotopic (exact) mass is 290 g/mol. The fourth-order valence-corrected chi connectivity index (χ4v) is 2.92. The summed E-state index contributed by atoms with van der Waals surface area (Å²) in [6.45, 7) is 2.16. The second kappa shape index (κ2) is 6.95. The highest BCUT2D eigenvalue weighted by molar-refractivity contribution is 7.89. The molecule has 1 atom stereocenters. The smallest absolute Gasteiger partial charge is 0.240 e. The molecule has 108 valence electrons. The summed E-state index contributed by atoms with van der Waals surface area (Å²) < 4.78 is 44.3. The molecule has 3 N–H and O–H groups in total. The Balaban J connectivity index is 2.68. The molecule has 1 aromatic rings. The minimum absolute atomic E-state index is 0.0483. The number of nitrogens with one attached hydrogen (secondary N) is 1. The molecular weight excluding hydrogens is 271 g/mol. The molecule has 0 bridgehead atoms. The predicted molar refractivity (Wildman–Crippen MR) is 70.8 cm³/mol. The molecule has 0 aliphatic rings. The fraction of sp³-hybridized carbons (Fsp3) is 0.500. The van der Waals surface area contributed by atoms with Gasteiger partial charge in [0.05, 0.1) is 11.5 Å². The maximum absolute atomic E-state index is 13.1. The van der Waals surface area contributed by atoms with E-state index in [4.69, 9.17) is 10.5 Å². The van der Waals surface area contributed by atoms with Crippen LogP contribution in [-0.4, -0.2) is 34.7 Å². The van der Waals surface area contributed by atoms with E-state index in [0.29, 0.717) is 18.6 Å². The van der Waals surface area contributed by atoms with Crippen LogP contribution in [0.3, 0.4) is 0 Å². The van der Waals surface area contributed by atoms with Gasteiger partial charge in [-0.3, -0.25) is 0 Å². The van der Waals surface area contributed by atoms with E-state index in [1.807, 2.05) is 0 Å². The predicted octanol–water partition coefficient (Wildman–Crippen LogP) is 0.776. The van der Waals surface area contributed by atoms with E-state index in [9.17, 15) is 12.8 Å². The molecule has 0 saturated heterocycles. The Labute approximate surface area is 113 Å². The van der Waals surface area contributed by atoms with Crippen molar-refractivity contribution in [3.05, 3.63) is 29.6 Å². The number of sulfonamides is 1. The van der Waals surface area contributed by atoms with E-state index < -0.39 is 15.8 Å². The van der Waals surface area contributed by atoms with Crippen LogP contribution in [0, 0.1) is 12.7 Å². The summed E-state index contributed by atoms with van der Waals surface area (Å²) in [5, 5.41) is 0. The zero-order valence-electron chi connectivity index (χ0n) is 11.0. The number of hydrogen-bond donors (Lipinski definition) is 2. The molecule has 0 heterocycles. The molecule has 1 rings (SSSR count). The summed E-state index contributed by atoms with van der Waals surface area (Å²) in [7, 11) is -2.18. The van der Waals surface area contributed by atoms with Crippen molar-refractivity contribution < 1.29 is 17.5 Å². The average Bonchev–Trinajstić information content (AvgIpc) is 2.32. The van der Waals surface area contributed by atoms with Crippen LogP contribution < -0.4 is 10.5 Å². The third-order valence-electron chi connectivity index (χ3n) is 2.63.